The zero-order valence-electron chi connectivity index (χ0n) is 15.1. The first-order valence-corrected chi connectivity index (χ1v) is 8.98. The van der Waals surface area contributed by atoms with Gasteiger partial charge in [0.15, 0.2) is 0 Å². The van der Waals surface area contributed by atoms with Gasteiger partial charge in [0, 0.05) is 45.9 Å². The first kappa shape index (κ1) is 18.1. The van der Waals surface area contributed by atoms with E-state index < -0.39 is 0 Å². The fraction of sp³-hybridized carbons (Fsp3) is 0.429. The molecule has 1 aliphatic rings. The van der Waals surface area contributed by atoms with Crippen molar-refractivity contribution in [2.75, 3.05) is 46.4 Å². The Kier molecular flexibility index (Phi) is 6.19. The molecule has 0 N–H and O–H groups in total. The second-order valence-corrected chi connectivity index (χ2v) is 6.68. The van der Waals surface area contributed by atoms with E-state index in [1.54, 1.807) is 7.11 Å². The Morgan fingerprint density at radius 1 is 0.920 bits per heavy atom. The summed E-state index contributed by atoms with van der Waals surface area (Å²) in [4.78, 5) is 5.00. The summed E-state index contributed by atoms with van der Waals surface area (Å²) >= 11 is 0. The summed E-state index contributed by atoms with van der Waals surface area (Å²) < 4.78 is 18.2. The van der Waals surface area contributed by atoms with Gasteiger partial charge in [0.1, 0.15) is 5.82 Å². The Bertz CT molecular complexity index is 649. The van der Waals surface area contributed by atoms with E-state index in [9.17, 15) is 4.39 Å². The lowest BCUT2D eigenvalue weighted by Gasteiger charge is -2.38. The fourth-order valence-corrected chi connectivity index (χ4v) is 3.40. The number of benzene rings is 2. The summed E-state index contributed by atoms with van der Waals surface area (Å²) in [6.07, 6.45) is 0. The van der Waals surface area contributed by atoms with Crippen LogP contribution in [0.25, 0.3) is 11.1 Å². The Hall–Kier alpha value is -1.75. The molecule has 0 amide bonds. The highest BCUT2D eigenvalue weighted by atomic mass is 19.1. The van der Waals surface area contributed by atoms with E-state index in [1.807, 2.05) is 12.1 Å². The molecule has 1 saturated heterocycles. The third-order valence-corrected chi connectivity index (χ3v) is 5.14. The van der Waals surface area contributed by atoms with Crippen molar-refractivity contribution in [2.45, 2.75) is 13.0 Å². The average molecular weight is 342 g/mol. The lowest BCUT2D eigenvalue weighted by atomic mass is 10.0. The van der Waals surface area contributed by atoms with Crippen LogP contribution in [-0.2, 0) is 4.74 Å². The number of ether oxygens (including phenoxy) is 1. The average Bonchev–Trinajstić information content (AvgIpc) is 2.67. The van der Waals surface area contributed by atoms with E-state index in [0.29, 0.717) is 6.04 Å². The first-order chi connectivity index (χ1) is 12.2. The minimum atomic E-state index is -0.196. The first-order valence-electron chi connectivity index (χ1n) is 8.98. The van der Waals surface area contributed by atoms with E-state index in [4.69, 9.17) is 4.74 Å². The predicted octanol–water partition coefficient (Wildman–Crippen LogP) is 3.82. The molecular formula is C21H27FN2O. The molecule has 1 aliphatic heterocycles. The van der Waals surface area contributed by atoms with Gasteiger partial charge in [0.05, 0.1) is 6.61 Å². The summed E-state index contributed by atoms with van der Waals surface area (Å²) in [7, 11) is 1.76. The van der Waals surface area contributed by atoms with Gasteiger partial charge >= 0.3 is 0 Å². The highest BCUT2D eigenvalue weighted by Gasteiger charge is 2.21. The molecular weight excluding hydrogens is 315 g/mol. The van der Waals surface area contributed by atoms with Gasteiger partial charge in [0.25, 0.3) is 0 Å². The van der Waals surface area contributed by atoms with E-state index in [0.717, 1.165) is 50.5 Å². The fourth-order valence-electron chi connectivity index (χ4n) is 3.40. The third-order valence-electron chi connectivity index (χ3n) is 5.14. The van der Waals surface area contributed by atoms with Gasteiger partial charge in [-0.1, -0.05) is 36.4 Å². The van der Waals surface area contributed by atoms with Crippen molar-refractivity contribution in [3.8, 4) is 11.1 Å². The lowest BCUT2D eigenvalue weighted by molar-refractivity contribution is 0.0786. The van der Waals surface area contributed by atoms with Crippen LogP contribution in [-0.4, -0.2) is 56.2 Å². The minimum Gasteiger partial charge on any atom is -0.383 e. The lowest BCUT2D eigenvalue weighted by Crippen LogP contribution is -2.47. The van der Waals surface area contributed by atoms with Crippen molar-refractivity contribution < 1.29 is 9.13 Å². The van der Waals surface area contributed by atoms with E-state index >= 15 is 0 Å². The molecule has 25 heavy (non-hydrogen) atoms. The van der Waals surface area contributed by atoms with Crippen LogP contribution >= 0.6 is 0 Å². The largest absolute Gasteiger partial charge is 0.383 e. The Morgan fingerprint density at radius 3 is 2.04 bits per heavy atom. The number of hydrogen-bond donors (Lipinski definition) is 0. The van der Waals surface area contributed by atoms with Crippen LogP contribution in [0.4, 0.5) is 4.39 Å². The number of methoxy groups -OCH3 is 1. The number of halogens is 1. The summed E-state index contributed by atoms with van der Waals surface area (Å²) in [5.74, 6) is -0.196. The molecule has 0 saturated carbocycles. The van der Waals surface area contributed by atoms with Crippen LogP contribution in [0.1, 0.15) is 18.5 Å². The molecule has 2 aromatic rings. The maximum absolute atomic E-state index is 13.1. The predicted molar refractivity (Wildman–Crippen MR) is 100 cm³/mol. The zero-order chi connectivity index (χ0) is 17.6. The van der Waals surface area contributed by atoms with Crippen molar-refractivity contribution in [3.05, 3.63) is 59.9 Å². The molecule has 3 nitrogen and oxygen atoms in total. The summed E-state index contributed by atoms with van der Waals surface area (Å²) in [6, 6.07) is 15.7. The van der Waals surface area contributed by atoms with Crippen LogP contribution in [0.3, 0.4) is 0 Å². The zero-order valence-corrected chi connectivity index (χ0v) is 15.1. The van der Waals surface area contributed by atoms with Gasteiger partial charge in [-0.05, 0) is 35.7 Å². The SMILES string of the molecule is COCCN1CCN(C(C)c2ccc(-c3ccc(F)cc3)cc2)CC1. The van der Waals surface area contributed by atoms with Crippen molar-refractivity contribution in [3.63, 3.8) is 0 Å². The minimum absolute atomic E-state index is 0.196. The van der Waals surface area contributed by atoms with E-state index in [2.05, 4.69) is 41.0 Å². The van der Waals surface area contributed by atoms with Gasteiger partial charge in [-0.25, -0.2) is 4.39 Å². The molecule has 0 radical (unpaired) electrons. The van der Waals surface area contributed by atoms with Crippen LogP contribution < -0.4 is 0 Å². The summed E-state index contributed by atoms with van der Waals surface area (Å²) in [5, 5.41) is 0. The third kappa shape index (κ3) is 4.66. The van der Waals surface area contributed by atoms with Crippen molar-refractivity contribution >= 4 is 0 Å². The van der Waals surface area contributed by atoms with Crippen LogP contribution in [0.15, 0.2) is 48.5 Å². The van der Waals surface area contributed by atoms with E-state index in [1.165, 1.54) is 17.7 Å². The van der Waals surface area contributed by atoms with Crippen LogP contribution in [0.5, 0.6) is 0 Å². The van der Waals surface area contributed by atoms with Gasteiger partial charge in [-0.15, -0.1) is 0 Å². The molecule has 0 bridgehead atoms. The number of hydrogen-bond acceptors (Lipinski definition) is 3. The number of rotatable bonds is 6. The molecule has 134 valence electrons. The molecule has 1 heterocycles. The molecule has 1 atom stereocenters. The van der Waals surface area contributed by atoms with Gasteiger partial charge in [-0.3, -0.25) is 9.80 Å². The van der Waals surface area contributed by atoms with Crippen molar-refractivity contribution in [1.29, 1.82) is 0 Å². The maximum Gasteiger partial charge on any atom is 0.123 e. The monoisotopic (exact) mass is 342 g/mol. The summed E-state index contributed by atoms with van der Waals surface area (Å²) in [6.45, 7) is 8.47. The van der Waals surface area contributed by atoms with E-state index in [-0.39, 0.29) is 5.82 Å². The molecule has 4 heteroatoms. The highest BCUT2D eigenvalue weighted by molar-refractivity contribution is 5.63. The molecule has 0 aliphatic carbocycles. The molecule has 3 rings (SSSR count). The smallest absolute Gasteiger partial charge is 0.123 e. The summed E-state index contributed by atoms with van der Waals surface area (Å²) in [5.41, 5.74) is 3.50. The molecule has 1 fully saturated rings. The maximum atomic E-state index is 13.1. The quantitative estimate of drug-likeness (QED) is 0.794. The molecule has 0 spiro atoms. The Morgan fingerprint density at radius 2 is 1.48 bits per heavy atom. The normalized spacial score (nSPS) is 17.6. The second-order valence-electron chi connectivity index (χ2n) is 6.68. The van der Waals surface area contributed by atoms with Crippen molar-refractivity contribution in [2.24, 2.45) is 0 Å². The van der Waals surface area contributed by atoms with Crippen LogP contribution in [0, 0.1) is 5.82 Å². The molecule has 0 aromatic heterocycles. The van der Waals surface area contributed by atoms with Gasteiger partial charge in [-0.2, -0.15) is 0 Å². The second kappa shape index (κ2) is 8.56. The van der Waals surface area contributed by atoms with Crippen molar-refractivity contribution in [1.82, 2.24) is 9.80 Å². The Labute approximate surface area is 150 Å². The Balaban J connectivity index is 1.59. The topological polar surface area (TPSA) is 15.7 Å². The van der Waals surface area contributed by atoms with Gasteiger partial charge < -0.3 is 4.74 Å². The molecule has 2 aromatic carbocycles. The van der Waals surface area contributed by atoms with Crippen LogP contribution in [0.2, 0.25) is 0 Å². The molecule has 1 unspecified atom stereocenters. The standard InChI is InChI=1S/C21H27FN2O/c1-17(24-13-11-23(12-14-24)15-16-25-2)18-3-5-19(6-4-18)20-7-9-21(22)10-8-20/h3-10,17H,11-16H2,1-2H3. The van der Waals surface area contributed by atoms with Gasteiger partial charge in [0.2, 0.25) is 0 Å². The number of piperazine rings is 1. The highest BCUT2D eigenvalue weighted by Crippen LogP contribution is 2.25. The number of nitrogens with zero attached hydrogens (tertiary/aromatic N) is 2.